The molecule has 1 aromatic rings. The van der Waals surface area contributed by atoms with Gasteiger partial charge in [0.2, 0.25) is 5.91 Å². The minimum Gasteiger partial charge on any atom is -0.495 e. The van der Waals surface area contributed by atoms with Crippen molar-refractivity contribution in [3.8, 4) is 5.75 Å². The third-order valence-electron chi connectivity index (χ3n) is 3.29. The van der Waals surface area contributed by atoms with Crippen LogP contribution in [0, 0.1) is 11.8 Å². The summed E-state index contributed by atoms with van der Waals surface area (Å²) in [4.78, 5) is 22.8. The first-order chi connectivity index (χ1) is 8.63. The van der Waals surface area contributed by atoms with Gasteiger partial charge in [0.05, 0.1) is 24.6 Å². The van der Waals surface area contributed by atoms with Crippen LogP contribution in [-0.4, -0.2) is 24.1 Å². The maximum Gasteiger partial charge on any atom is 0.307 e. The van der Waals surface area contributed by atoms with E-state index in [2.05, 4.69) is 5.32 Å². The maximum atomic E-state index is 11.9. The van der Waals surface area contributed by atoms with Crippen LogP contribution in [0.25, 0.3) is 0 Å². The number of carboxylic acids is 1. The van der Waals surface area contributed by atoms with Crippen molar-refractivity contribution in [1.82, 2.24) is 0 Å². The molecule has 5 heteroatoms. The second-order valence-electron chi connectivity index (χ2n) is 4.32. The summed E-state index contributed by atoms with van der Waals surface area (Å²) < 4.78 is 5.12. The predicted octanol–water partition coefficient (Wildman–Crippen LogP) is 1.74. The maximum absolute atomic E-state index is 11.9. The third kappa shape index (κ3) is 2.30. The van der Waals surface area contributed by atoms with Gasteiger partial charge >= 0.3 is 5.97 Å². The van der Waals surface area contributed by atoms with E-state index in [1.54, 1.807) is 24.3 Å². The van der Waals surface area contributed by atoms with Crippen LogP contribution in [0.3, 0.4) is 0 Å². The molecule has 1 aliphatic carbocycles. The second-order valence-corrected chi connectivity index (χ2v) is 4.32. The summed E-state index contributed by atoms with van der Waals surface area (Å²) in [5.41, 5.74) is 0.570. The number of ether oxygens (including phenoxy) is 1. The minimum atomic E-state index is -0.901. The molecule has 0 aromatic heterocycles. The average Bonchev–Trinajstić information content (AvgIpc) is 2.27. The zero-order chi connectivity index (χ0) is 13.1. The summed E-state index contributed by atoms with van der Waals surface area (Å²) in [6.07, 6.45) is 1.19. The molecule has 1 fully saturated rings. The van der Waals surface area contributed by atoms with Crippen LogP contribution in [0.1, 0.15) is 12.8 Å². The molecule has 2 atom stereocenters. The Morgan fingerprint density at radius 3 is 2.50 bits per heavy atom. The van der Waals surface area contributed by atoms with Gasteiger partial charge in [0.25, 0.3) is 0 Å². The number of benzene rings is 1. The molecular weight excluding hydrogens is 234 g/mol. The second kappa shape index (κ2) is 5.08. The van der Waals surface area contributed by atoms with E-state index in [0.29, 0.717) is 24.3 Å². The number of carbonyl (C=O) groups is 2. The molecule has 96 valence electrons. The fourth-order valence-electron chi connectivity index (χ4n) is 2.08. The molecule has 2 rings (SSSR count). The fraction of sp³-hybridized carbons (Fsp3) is 0.385. The Balaban J connectivity index is 2.05. The van der Waals surface area contributed by atoms with Crippen LogP contribution in [-0.2, 0) is 9.59 Å². The van der Waals surface area contributed by atoms with Gasteiger partial charge in [0.15, 0.2) is 0 Å². The lowest BCUT2D eigenvalue weighted by atomic mass is 9.73. The van der Waals surface area contributed by atoms with Crippen molar-refractivity contribution in [2.75, 3.05) is 12.4 Å². The van der Waals surface area contributed by atoms with Gasteiger partial charge in [0.1, 0.15) is 5.75 Å². The summed E-state index contributed by atoms with van der Waals surface area (Å²) >= 11 is 0. The number of hydrogen-bond acceptors (Lipinski definition) is 3. The van der Waals surface area contributed by atoms with E-state index in [0.717, 1.165) is 0 Å². The standard InChI is InChI=1S/C13H15NO4/c1-18-11-5-3-2-4-10(11)14-12(15)8-6-7-9(8)13(16)17/h2-5,8-9H,6-7H2,1H3,(H,14,15)(H,16,17). The Morgan fingerprint density at radius 1 is 1.28 bits per heavy atom. The summed E-state index contributed by atoms with van der Waals surface area (Å²) in [5.74, 6) is -1.58. The summed E-state index contributed by atoms with van der Waals surface area (Å²) in [7, 11) is 1.52. The SMILES string of the molecule is COc1ccccc1NC(=O)C1CCC1C(=O)O. The first kappa shape index (κ1) is 12.4. The van der Waals surface area contributed by atoms with Crippen LogP contribution < -0.4 is 10.1 Å². The Labute approximate surface area is 105 Å². The molecule has 1 aromatic carbocycles. The number of aliphatic carboxylic acids is 1. The van der Waals surface area contributed by atoms with E-state index in [1.165, 1.54) is 7.11 Å². The van der Waals surface area contributed by atoms with E-state index in [-0.39, 0.29) is 5.91 Å². The van der Waals surface area contributed by atoms with Crippen molar-refractivity contribution in [2.45, 2.75) is 12.8 Å². The van der Waals surface area contributed by atoms with Gasteiger partial charge < -0.3 is 15.2 Å². The first-order valence-corrected chi connectivity index (χ1v) is 5.80. The number of methoxy groups -OCH3 is 1. The normalized spacial score (nSPS) is 21.8. The molecule has 0 radical (unpaired) electrons. The van der Waals surface area contributed by atoms with E-state index in [9.17, 15) is 9.59 Å². The van der Waals surface area contributed by atoms with E-state index in [4.69, 9.17) is 9.84 Å². The van der Waals surface area contributed by atoms with Gasteiger partial charge in [-0.1, -0.05) is 12.1 Å². The van der Waals surface area contributed by atoms with Crippen LogP contribution in [0.2, 0.25) is 0 Å². The fourth-order valence-corrected chi connectivity index (χ4v) is 2.08. The van der Waals surface area contributed by atoms with Gasteiger partial charge in [-0.15, -0.1) is 0 Å². The van der Waals surface area contributed by atoms with Gasteiger partial charge in [-0.2, -0.15) is 0 Å². The average molecular weight is 249 g/mol. The minimum absolute atomic E-state index is 0.252. The molecule has 0 bridgehead atoms. The van der Waals surface area contributed by atoms with E-state index >= 15 is 0 Å². The molecular formula is C13H15NO4. The number of nitrogens with one attached hydrogen (secondary N) is 1. The Hall–Kier alpha value is -2.04. The van der Waals surface area contributed by atoms with Crippen molar-refractivity contribution >= 4 is 17.6 Å². The van der Waals surface area contributed by atoms with Crippen molar-refractivity contribution < 1.29 is 19.4 Å². The van der Waals surface area contributed by atoms with Crippen molar-refractivity contribution in [2.24, 2.45) is 11.8 Å². The predicted molar refractivity (Wildman–Crippen MR) is 65.5 cm³/mol. The zero-order valence-corrected chi connectivity index (χ0v) is 10.1. The topological polar surface area (TPSA) is 75.6 Å². The number of rotatable bonds is 4. The largest absolute Gasteiger partial charge is 0.495 e. The number of carbonyl (C=O) groups excluding carboxylic acids is 1. The number of hydrogen-bond donors (Lipinski definition) is 2. The molecule has 0 spiro atoms. The van der Waals surface area contributed by atoms with E-state index < -0.39 is 17.8 Å². The summed E-state index contributed by atoms with van der Waals surface area (Å²) in [6, 6.07) is 7.06. The molecule has 1 aliphatic rings. The highest BCUT2D eigenvalue weighted by Gasteiger charge is 2.41. The van der Waals surface area contributed by atoms with Gasteiger partial charge in [-0.05, 0) is 25.0 Å². The molecule has 18 heavy (non-hydrogen) atoms. The quantitative estimate of drug-likeness (QED) is 0.852. The van der Waals surface area contributed by atoms with Crippen LogP contribution in [0.4, 0.5) is 5.69 Å². The molecule has 1 saturated carbocycles. The highest BCUT2D eigenvalue weighted by atomic mass is 16.5. The third-order valence-corrected chi connectivity index (χ3v) is 3.29. The number of para-hydroxylation sites is 2. The Bertz CT molecular complexity index is 472. The lowest BCUT2D eigenvalue weighted by molar-refractivity contribution is -0.151. The smallest absolute Gasteiger partial charge is 0.307 e. The molecule has 5 nitrogen and oxygen atoms in total. The molecule has 0 saturated heterocycles. The van der Waals surface area contributed by atoms with Crippen molar-refractivity contribution in [3.05, 3.63) is 24.3 Å². The number of carboxylic acid groups (broad SMARTS) is 1. The Kier molecular flexibility index (Phi) is 3.50. The molecule has 1 amide bonds. The lowest BCUT2D eigenvalue weighted by Gasteiger charge is -2.32. The van der Waals surface area contributed by atoms with Crippen molar-refractivity contribution in [3.63, 3.8) is 0 Å². The molecule has 0 heterocycles. The Morgan fingerprint density at radius 2 is 1.94 bits per heavy atom. The number of anilines is 1. The first-order valence-electron chi connectivity index (χ1n) is 5.80. The summed E-state index contributed by atoms with van der Waals surface area (Å²) in [5, 5.41) is 11.6. The highest BCUT2D eigenvalue weighted by molar-refractivity contribution is 5.97. The van der Waals surface area contributed by atoms with Gasteiger partial charge in [-0.25, -0.2) is 0 Å². The van der Waals surface area contributed by atoms with Gasteiger partial charge in [-0.3, -0.25) is 9.59 Å². The van der Waals surface area contributed by atoms with Crippen LogP contribution >= 0.6 is 0 Å². The van der Waals surface area contributed by atoms with E-state index in [1.807, 2.05) is 0 Å². The molecule has 0 aliphatic heterocycles. The monoisotopic (exact) mass is 249 g/mol. The highest BCUT2D eigenvalue weighted by Crippen LogP contribution is 2.36. The van der Waals surface area contributed by atoms with Crippen LogP contribution in [0.5, 0.6) is 5.75 Å². The zero-order valence-electron chi connectivity index (χ0n) is 10.1. The molecule has 2 N–H and O–H groups in total. The molecule has 2 unspecified atom stereocenters. The lowest BCUT2D eigenvalue weighted by Crippen LogP contribution is -2.41. The van der Waals surface area contributed by atoms with Gasteiger partial charge in [0, 0.05) is 0 Å². The summed E-state index contributed by atoms with van der Waals surface area (Å²) in [6.45, 7) is 0. The van der Waals surface area contributed by atoms with Crippen LogP contribution in [0.15, 0.2) is 24.3 Å². The number of amides is 1. The van der Waals surface area contributed by atoms with Crippen molar-refractivity contribution in [1.29, 1.82) is 0 Å².